The average molecular weight is 294 g/mol. The van der Waals surface area contributed by atoms with Crippen LogP contribution in [0.15, 0.2) is 12.1 Å². The van der Waals surface area contributed by atoms with Gasteiger partial charge >= 0.3 is 0 Å². The second kappa shape index (κ2) is 5.42. The molecule has 3 N–H and O–H groups in total. The summed E-state index contributed by atoms with van der Waals surface area (Å²) in [4.78, 5) is 13.8. The highest BCUT2D eigenvalue weighted by molar-refractivity contribution is 6.05. The van der Waals surface area contributed by atoms with Crippen molar-refractivity contribution in [1.82, 2.24) is 0 Å². The molecule has 0 bridgehead atoms. The van der Waals surface area contributed by atoms with E-state index in [9.17, 15) is 9.90 Å². The number of rotatable bonds is 3. The zero-order valence-electron chi connectivity index (χ0n) is 11.7. The van der Waals surface area contributed by atoms with Crippen LogP contribution in [0.2, 0.25) is 0 Å². The topological polar surface area (TPSA) is 91.3 Å². The van der Waals surface area contributed by atoms with Gasteiger partial charge in [0.15, 0.2) is 11.5 Å². The third kappa shape index (κ3) is 2.50. The molecule has 7 nitrogen and oxygen atoms in total. The summed E-state index contributed by atoms with van der Waals surface area (Å²) in [5.41, 5.74) is 1.37. The van der Waals surface area contributed by atoms with Gasteiger partial charge in [0.25, 0.3) is 0 Å². The Hall–Kier alpha value is -1.99. The average Bonchev–Trinajstić information content (AvgIpc) is 2.50. The molecule has 0 saturated heterocycles. The molecule has 0 radical (unpaired) electrons. The molecule has 1 aromatic rings. The Morgan fingerprint density at radius 2 is 2.05 bits per heavy atom. The van der Waals surface area contributed by atoms with Crippen LogP contribution >= 0.6 is 0 Å². The molecule has 0 aromatic heterocycles. The molecule has 0 aliphatic carbocycles. The van der Waals surface area contributed by atoms with E-state index in [-0.39, 0.29) is 12.5 Å². The highest BCUT2D eigenvalue weighted by atomic mass is 16.6. The van der Waals surface area contributed by atoms with Crippen LogP contribution in [0.4, 0.5) is 11.4 Å². The first kappa shape index (κ1) is 14.0. The van der Waals surface area contributed by atoms with Crippen LogP contribution in [-0.4, -0.2) is 54.6 Å². The van der Waals surface area contributed by atoms with Crippen molar-refractivity contribution < 1.29 is 24.5 Å². The number of aliphatic hydroxyl groups excluding tert-OH is 2. The zero-order chi connectivity index (χ0) is 15.0. The predicted octanol–water partition coefficient (Wildman–Crippen LogP) is -0.0420. The third-order valence-corrected chi connectivity index (χ3v) is 3.56. The lowest BCUT2D eigenvalue weighted by Crippen LogP contribution is -2.49. The number of carbonyl (C=O) groups is 1. The van der Waals surface area contributed by atoms with Crippen molar-refractivity contribution >= 4 is 17.3 Å². The monoisotopic (exact) mass is 294 g/mol. The van der Waals surface area contributed by atoms with Crippen LogP contribution < -0.4 is 19.7 Å². The molecule has 114 valence electrons. The predicted molar refractivity (Wildman–Crippen MR) is 76.0 cm³/mol. The van der Waals surface area contributed by atoms with E-state index in [4.69, 9.17) is 14.6 Å². The van der Waals surface area contributed by atoms with Crippen LogP contribution in [0.5, 0.6) is 11.5 Å². The number of amides is 1. The van der Waals surface area contributed by atoms with E-state index in [0.717, 1.165) is 5.69 Å². The molecule has 2 aliphatic heterocycles. The molecular weight excluding hydrogens is 276 g/mol. The van der Waals surface area contributed by atoms with Crippen LogP contribution in [0.1, 0.15) is 6.92 Å². The lowest BCUT2D eigenvalue weighted by Gasteiger charge is -2.36. The summed E-state index contributed by atoms with van der Waals surface area (Å²) in [5.74, 6) is 1.05. The van der Waals surface area contributed by atoms with Gasteiger partial charge in [-0.1, -0.05) is 0 Å². The van der Waals surface area contributed by atoms with Crippen LogP contribution in [0, 0.1) is 0 Å². The maximum Gasteiger partial charge on any atom is 0.249 e. The normalized spacial score (nSPS) is 21.6. The van der Waals surface area contributed by atoms with E-state index in [1.54, 1.807) is 19.1 Å². The Bertz CT molecular complexity index is 563. The molecule has 0 saturated carbocycles. The number of β-amino-alcohol motifs (C(OH)–C–C–N with tert-alkyl or cyclic N) is 1. The van der Waals surface area contributed by atoms with E-state index in [1.807, 2.05) is 0 Å². The first-order valence-electron chi connectivity index (χ1n) is 6.90. The van der Waals surface area contributed by atoms with E-state index in [0.29, 0.717) is 30.4 Å². The van der Waals surface area contributed by atoms with Gasteiger partial charge in [0.05, 0.1) is 30.6 Å². The van der Waals surface area contributed by atoms with Gasteiger partial charge in [-0.3, -0.25) is 4.79 Å². The number of benzene rings is 1. The van der Waals surface area contributed by atoms with E-state index in [1.165, 1.54) is 4.90 Å². The Morgan fingerprint density at radius 3 is 2.71 bits per heavy atom. The Labute approximate surface area is 122 Å². The van der Waals surface area contributed by atoms with Crippen molar-refractivity contribution in [2.75, 3.05) is 36.6 Å². The van der Waals surface area contributed by atoms with Crippen molar-refractivity contribution in [2.45, 2.75) is 19.1 Å². The Morgan fingerprint density at radius 1 is 1.38 bits per heavy atom. The number of hydrogen-bond acceptors (Lipinski definition) is 6. The molecule has 2 heterocycles. The lowest BCUT2D eigenvalue weighted by atomic mass is 10.1. The van der Waals surface area contributed by atoms with Crippen molar-refractivity contribution in [3.05, 3.63) is 12.1 Å². The van der Waals surface area contributed by atoms with E-state index in [2.05, 4.69) is 5.32 Å². The fourth-order valence-electron chi connectivity index (χ4n) is 2.52. The minimum atomic E-state index is -0.986. The molecule has 0 spiro atoms. The molecule has 1 aromatic carbocycles. The summed E-state index contributed by atoms with van der Waals surface area (Å²) in [6.45, 7) is 2.34. The first-order chi connectivity index (χ1) is 10.1. The fraction of sp³-hybridized carbons (Fsp3) is 0.500. The summed E-state index contributed by atoms with van der Waals surface area (Å²) in [7, 11) is 0. The second-order valence-electron chi connectivity index (χ2n) is 5.16. The number of carbonyl (C=O) groups excluding carboxylic acids is 1. The smallest absolute Gasteiger partial charge is 0.249 e. The molecule has 2 aliphatic rings. The fourth-order valence-corrected chi connectivity index (χ4v) is 2.52. The highest BCUT2D eigenvalue weighted by Crippen LogP contribution is 2.42. The van der Waals surface area contributed by atoms with Crippen LogP contribution in [-0.2, 0) is 4.79 Å². The number of fused-ring (bicyclic) bond motifs is 2. The van der Waals surface area contributed by atoms with Crippen molar-refractivity contribution in [2.24, 2.45) is 0 Å². The van der Waals surface area contributed by atoms with Gasteiger partial charge < -0.3 is 29.9 Å². The van der Waals surface area contributed by atoms with Gasteiger partial charge in [-0.05, 0) is 6.92 Å². The van der Waals surface area contributed by atoms with Gasteiger partial charge in [0, 0.05) is 12.1 Å². The second-order valence-corrected chi connectivity index (χ2v) is 5.16. The number of ether oxygens (including phenoxy) is 2. The number of nitrogens with one attached hydrogen (secondary N) is 1. The van der Waals surface area contributed by atoms with Gasteiger partial charge in [0.1, 0.15) is 19.3 Å². The zero-order valence-corrected chi connectivity index (χ0v) is 11.7. The number of anilines is 2. The van der Waals surface area contributed by atoms with Gasteiger partial charge in [0.2, 0.25) is 5.91 Å². The summed E-state index contributed by atoms with van der Waals surface area (Å²) >= 11 is 0. The largest absolute Gasteiger partial charge is 0.486 e. The molecular formula is C14H18N2O5. The van der Waals surface area contributed by atoms with E-state index >= 15 is 0 Å². The number of nitrogens with zero attached hydrogens (tertiary/aromatic N) is 1. The molecule has 2 unspecified atom stereocenters. The number of aliphatic hydroxyl groups is 2. The molecule has 3 rings (SSSR count). The quantitative estimate of drug-likeness (QED) is 0.724. The third-order valence-electron chi connectivity index (χ3n) is 3.56. The highest BCUT2D eigenvalue weighted by Gasteiger charge is 2.32. The molecule has 1 amide bonds. The first-order valence-corrected chi connectivity index (χ1v) is 6.90. The lowest BCUT2D eigenvalue weighted by molar-refractivity contribution is -0.119. The van der Waals surface area contributed by atoms with E-state index < -0.39 is 18.8 Å². The maximum absolute atomic E-state index is 12.3. The minimum absolute atomic E-state index is 0.0357. The summed E-state index contributed by atoms with van der Waals surface area (Å²) in [6, 6.07) is 3.11. The molecule has 0 fully saturated rings. The summed E-state index contributed by atoms with van der Waals surface area (Å²) in [5, 5.41) is 21.8. The number of hydrogen-bond donors (Lipinski definition) is 3. The SMILES string of the molecule is CC1Nc2cc3c(cc2N(CC(O)CO)C1=O)OCCO3. The van der Waals surface area contributed by atoms with Crippen LogP contribution in [0.25, 0.3) is 0 Å². The van der Waals surface area contributed by atoms with Crippen molar-refractivity contribution in [3.8, 4) is 11.5 Å². The van der Waals surface area contributed by atoms with Crippen molar-refractivity contribution in [3.63, 3.8) is 0 Å². The summed E-state index contributed by atoms with van der Waals surface area (Å²) < 4.78 is 11.1. The molecule has 2 atom stereocenters. The minimum Gasteiger partial charge on any atom is -0.486 e. The van der Waals surface area contributed by atoms with Crippen LogP contribution in [0.3, 0.4) is 0 Å². The maximum atomic E-state index is 12.3. The van der Waals surface area contributed by atoms with Gasteiger partial charge in [-0.25, -0.2) is 0 Å². The Balaban J connectivity index is 2.00. The molecule has 21 heavy (non-hydrogen) atoms. The Kier molecular flexibility index (Phi) is 3.60. The standard InChI is InChI=1S/C14H18N2O5/c1-8-14(19)16(6-9(18)7-17)11-5-13-12(4-10(11)15-8)20-2-3-21-13/h4-5,8-9,15,17-18H,2-3,6-7H2,1H3. The summed E-state index contributed by atoms with van der Waals surface area (Å²) in [6.07, 6.45) is -0.986. The van der Waals surface area contributed by atoms with Gasteiger partial charge in [-0.15, -0.1) is 0 Å². The van der Waals surface area contributed by atoms with Crippen molar-refractivity contribution in [1.29, 1.82) is 0 Å². The molecule has 7 heteroatoms. The van der Waals surface area contributed by atoms with Gasteiger partial charge in [-0.2, -0.15) is 0 Å².